The lowest BCUT2D eigenvalue weighted by molar-refractivity contribution is -0.138. The van der Waals surface area contributed by atoms with Crippen molar-refractivity contribution in [2.75, 3.05) is 0 Å². The highest BCUT2D eigenvalue weighted by molar-refractivity contribution is 6.37. The van der Waals surface area contributed by atoms with Gasteiger partial charge in [0.25, 0.3) is 0 Å². The minimum absolute atomic E-state index is 0.0209. The van der Waals surface area contributed by atoms with E-state index in [2.05, 4.69) is 0 Å². The summed E-state index contributed by atoms with van der Waals surface area (Å²) >= 11 is 0. The SMILES string of the molecule is CCC(CC)(CC=O)CC(=O)C(=O)CCC=O. The summed E-state index contributed by atoms with van der Waals surface area (Å²) in [5.74, 6) is -0.966. The summed E-state index contributed by atoms with van der Waals surface area (Å²) < 4.78 is 0. The first-order chi connectivity index (χ1) is 8.05. The molecule has 0 rings (SSSR count). The summed E-state index contributed by atoms with van der Waals surface area (Å²) in [4.78, 5) is 43.8. The number of hydrogen-bond acceptors (Lipinski definition) is 4. The number of carbonyl (C=O) groups is 4. The molecule has 0 unspecified atom stereocenters. The van der Waals surface area contributed by atoms with E-state index in [0.717, 1.165) is 6.29 Å². The van der Waals surface area contributed by atoms with E-state index in [1.165, 1.54) is 0 Å². The van der Waals surface area contributed by atoms with E-state index in [-0.39, 0.29) is 19.3 Å². The number of rotatable bonds is 10. The number of carbonyl (C=O) groups excluding carboxylic acids is 4. The highest BCUT2D eigenvalue weighted by Gasteiger charge is 2.30. The molecule has 96 valence electrons. The monoisotopic (exact) mass is 240 g/mol. The fraction of sp³-hybridized carbons (Fsp3) is 0.692. The number of ketones is 2. The molecule has 0 N–H and O–H groups in total. The van der Waals surface area contributed by atoms with Crippen LogP contribution in [0.2, 0.25) is 0 Å². The molecule has 17 heavy (non-hydrogen) atoms. The molecule has 0 saturated carbocycles. The second kappa shape index (κ2) is 7.87. The molecule has 0 aliphatic carbocycles. The zero-order valence-corrected chi connectivity index (χ0v) is 10.5. The van der Waals surface area contributed by atoms with E-state index >= 15 is 0 Å². The fourth-order valence-corrected chi connectivity index (χ4v) is 1.81. The van der Waals surface area contributed by atoms with E-state index in [1.807, 2.05) is 13.8 Å². The maximum atomic E-state index is 11.7. The summed E-state index contributed by atoms with van der Waals surface area (Å²) in [5, 5.41) is 0. The van der Waals surface area contributed by atoms with Crippen LogP contribution in [0.15, 0.2) is 0 Å². The molecule has 0 atom stereocenters. The molecule has 0 fully saturated rings. The van der Waals surface area contributed by atoms with Crippen molar-refractivity contribution >= 4 is 24.1 Å². The Morgan fingerprint density at radius 3 is 2.00 bits per heavy atom. The highest BCUT2D eigenvalue weighted by Crippen LogP contribution is 2.34. The van der Waals surface area contributed by atoms with Crippen LogP contribution >= 0.6 is 0 Å². The van der Waals surface area contributed by atoms with Crippen LogP contribution in [0.4, 0.5) is 0 Å². The third-order valence-corrected chi connectivity index (χ3v) is 3.35. The second-order valence-corrected chi connectivity index (χ2v) is 4.31. The van der Waals surface area contributed by atoms with Crippen LogP contribution < -0.4 is 0 Å². The lowest BCUT2D eigenvalue weighted by atomic mass is 9.75. The van der Waals surface area contributed by atoms with Crippen molar-refractivity contribution in [3.8, 4) is 0 Å². The molecule has 4 nitrogen and oxygen atoms in total. The first kappa shape index (κ1) is 15.7. The van der Waals surface area contributed by atoms with E-state index in [0.29, 0.717) is 25.5 Å². The summed E-state index contributed by atoms with van der Waals surface area (Å²) in [5.41, 5.74) is -0.393. The van der Waals surface area contributed by atoms with Crippen LogP contribution in [0, 0.1) is 5.41 Å². The van der Waals surface area contributed by atoms with Crippen LogP contribution in [-0.4, -0.2) is 24.1 Å². The van der Waals surface area contributed by atoms with Crippen molar-refractivity contribution < 1.29 is 19.2 Å². The predicted octanol–water partition coefficient (Wildman–Crippen LogP) is 1.89. The van der Waals surface area contributed by atoms with Crippen molar-refractivity contribution in [2.45, 2.75) is 52.4 Å². The topological polar surface area (TPSA) is 68.3 Å². The third-order valence-electron chi connectivity index (χ3n) is 3.35. The lowest BCUT2D eigenvalue weighted by Crippen LogP contribution is -2.27. The molecule has 0 aromatic heterocycles. The van der Waals surface area contributed by atoms with Crippen molar-refractivity contribution in [3.63, 3.8) is 0 Å². The number of hydrogen-bond donors (Lipinski definition) is 0. The van der Waals surface area contributed by atoms with E-state index < -0.39 is 17.0 Å². The van der Waals surface area contributed by atoms with Gasteiger partial charge in [-0.1, -0.05) is 13.8 Å². The zero-order chi connectivity index (χ0) is 13.3. The molecular formula is C13H20O4. The Labute approximate surface area is 102 Å². The molecule has 4 heteroatoms. The molecule has 0 aliphatic heterocycles. The van der Waals surface area contributed by atoms with Crippen LogP contribution in [0.3, 0.4) is 0 Å². The molecule has 0 radical (unpaired) electrons. The van der Waals surface area contributed by atoms with E-state index in [9.17, 15) is 19.2 Å². The van der Waals surface area contributed by atoms with Crippen molar-refractivity contribution in [1.82, 2.24) is 0 Å². The van der Waals surface area contributed by atoms with Gasteiger partial charge in [-0.3, -0.25) is 9.59 Å². The molecule has 0 spiro atoms. The third kappa shape index (κ3) is 5.02. The van der Waals surface area contributed by atoms with Crippen molar-refractivity contribution in [1.29, 1.82) is 0 Å². The first-order valence-electron chi connectivity index (χ1n) is 5.98. The van der Waals surface area contributed by atoms with Crippen molar-refractivity contribution in [2.24, 2.45) is 5.41 Å². The summed E-state index contributed by atoms with van der Waals surface area (Å²) in [6.45, 7) is 3.83. The molecule has 0 aromatic carbocycles. The fourth-order valence-electron chi connectivity index (χ4n) is 1.81. The molecular weight excluding hydrogens is 220 g/mol. The van der Waals surface area contributed by atoms with Gasteiger partial charge in [0.15, 0.2) is 11.6 Å². The average Bonchev–Trinajstić information content (AvgIpc) is 2.35. The predicted molar refractivity (Wildman–Crippen MR) is 63.6 cm³/mol. The summed E-state index contributed by atoms with van der Waals surface area (Å²) in [6, 6.07) is 0. The quantitative estimate of drug-likeness (QED) is 0.432. The van der Waals surface area contributed by atoms with Gasteiger partial charge in [-0.25, -0.2) is 0 Å². The Bertz CT molecular complexity index is 290. The molecule has 0 saturated heterocycles. The van der Waals surface area contributed by atoms with Gasteiger partial charge in [0, 0.05) is 25.7 Å². The van der Waals surface area contributed by atoms with Gasteiger partial charge in [0.1, 0.15) is 12.6 Å². The Morgan fingerprint density at radius 2 is 1.59 bits per heavy atom. The minimum Gasteiger partial charge on any atom is -0.303 e. The summed E-state index contributed by atoms with van der Waals surface area (Å²) in [7, 11) is 0. The molecule has 0 amide bonds. The Morgan fingerprint density at radius 1 is 1.00 bits per heavy atom. The molecule has 0 heterocycles. The van der Waals surface area contributed by atoms with E-state index in [1.54, 1.807) is 0 Å². The van der Waals surface area contributed by atoms with Gasteiger partial charge in [0.2, 0.25) is 0 Å². The Hall–Kier alpha value is -1.32. The van der Waals surface area contributed by atoms with Gasteiger partial charge in [0.05, 0.1) is 0 Å². The van der Waals surface area contributed by atoms with Gasteiger partial charge in [-0.05, 0) is 18.3 Å². The standard InChI is InChI=1S/C13H20O4/c1-3-13(4-2,7-9-15)10-12(17)11(16)6-5-8-14/h8-9H,3-7,10H2,1-2H3. The van der Waals surface area contributed by atoms with Crippen LogP contribution in [0.1, 0.15) is 52.4 Å². The van der Waals surface area contributed by atoms with Crippen LogP contribution in [-0.2, 0) is 19.2 Å². The van der Waals surface area contributed by atoms with Crippen molar-refractivity contribution in [3.05, 3.63) is 0 Å². The highest BCUT2D eigenvalue weighted by atomic mass is 16.2. The van der Waals surface area contributed by atoms with Gasteiger partial charge < -0.3 is 9.59 Å². The maximum absolute atomic E-state index is 11.7. The smallest absolute Gasteiger partial charge is 0.198 e. The lowest BCUT2D eigenvalue weighted by Gasteiger charge is -2.28. The molecule has 0 aromatic rings. The molecule has 0 aliphatic rings. The summed E-state index contributed by atoms with van der Waals surface area (Å²) in [6.07, 6.45) is 3.28. The molecule has 0 bridgehead atoms. The van der Waals surface area contributed by atoms with Gasteiger partial charge in [-0.15, -0.1) is 0 Å². The van der Waals surface area contributed by atoms with Crippen LogP contribution in [0.5, 0.6) is 0 Å². The average molecular weight is 240 g/mol. The van der Waals surface area contributed by atoms with Gasteiger partial charge in [-0.2, -0.15) is 0 Å². The first-order valence-corrected chi connectivity index (χ1v) is 5.98. The largest absolute Gasteiger partial charge is 0.303 e. The van der Waals surface area contributed by atoms with E-state index in [4.69, 9.17) is 0 Å². The normalized spacial score (nSPS) is 10.9. The Kier molecular flexibility index (Phi) is 7.26. The zero-order valence-electron chi connectivity index (χ0n) is 10.5. The second-order valence-electron chi connectivity index (χ2n) is 4.31. The minimum atomic E-state index is -0.505. The Balaban J connectivity index is 4.54. The maximum Gasteiger partial charge on any atom is 0.198 e. The number of aldehydes is 2. The van der Waals surface area contributed by atoms with Crippen LogP contribution in [0.25, 0.3) is 0 Å². The van der Waals surface area contributed by atoms with Gasteiger partial charge >= 0.3 is 0 Å². The number of Topliss-reactive ketones (excluding diaryl/α,β-unsaturated/α-hetero) is 2.